The Morgan fingerprint density at radius 3 is 3.00 bits per heavy atom. The summed E-state index contributed by atoms with van der Waals surface area (Å²) in [5, 5.41) is 2.21. The first-order valence-electron chi connectivity index (χ1n) is 7.89. The molecule has 0 spiro atoms. The number of piperidine rings is 1. The molecule has 1 saturated heterocycles. The lowest BCUT2D eigenvalue weighted by atomic mass is 9.97. The maximum atomic E-state index is 12.0. The van der Waals surface area contributed by atoms with Gasteiger partial charge in [0.15, 0.2) is 0 Å². The number of nitrogens with zero attached hydrogens (tertiary/aromatic N) is 1. The van der Waals surface area contributed by atoms with E-state index in [4.69, 9.17) is 10.5 Å². The highest BCUT2D eigenvalue weighted by molar-refractivity contribution is 5.96. The molecule has 22 heavy (non-hydrogen) atoms. The van der Waals surface area contributed by atoms with Crippen molar-refractivity contribution in [2.24, 2.45) is 5.92 Å². The molecule has 1 aliphatic heterocycles. The van der Waals surface area contributed by atoms with Crippen LogP contribution in [0.5, 0.6) is 0 Å². The minimum absolute atomic E-state index is 0.0404. The fourth-order valence-electron chi connectivity index (χ4n) is 3.17. The predicted octanol–water partition coefficient (Wildman–Crippen LogP) is 3.20. The van der Waals surface area contributed by atoms with E-state index >= 15 is 0 Å². The van der Waals surface area contributed by atoms with Crippen LogP contribution in [0.25, 0.3) is 10.8 Å². The lowest BCUT2D eigenvalue weighted by Crippen LogP contribution is -2.39. The van der Waals surface area contributed by atoms with Crippen LogP contribution in [0, 0.1) is 5.92 Å². The Hall–Kier alpha value is -2.23. The van der Waals surface area contributed by atoms with Crippen LogP contribution in [0.15, 0.2) is 36.4 Å². The largest absolute Gasteiger partial charge is 0.466 e. The molecule has 3 rings (SSSR count). The summed E-state index contributed by atoms with van der Waals surface area (Å²) in [6.07, 6.45) is 1.90. The molecule has 1 atom stereocenters. The zero-order chi connectivity index (χ0) is 15.5. The Labute approximate surface area is 130 Å². The number of hydrogen-bond acceptors (Lipinski definition) is 4. The number of rotatable bonds is 3. The number of nitrogen functional groups attached to an aromatic ring is 1. The van der Waals surface area contributed by atoms with Crippen LogP contribution in [0.4, 0.5) is 11.4 Å². The summed E-state index contributed by atoms with van der Waals surface area (Å²) < 4.78 is 5.17. The molecule has 0 bridgehead atoms. The summed E-state index contributed by atoms with van der Waals surface area (Å²) in [5.74, 6) is -0.123. The maximum Gasteiger partial charge on any atom is 0.310 e. The molecule has 2 aromatic carbocycles. The van der Waals surface area contributed by atoms with Gasteiger partial charge < -0.3 is 15.4 Å². The Balaban J connectivity index is 1.85. The number of hydrogen-bond donors (Lipinski definition) is 1. The highest BCUT2D eigenvalue weighted by Gasteiger charge is 2.27. The third kappa shape index (κ3) is 2.86. The molecule has 2 aromatic rings. The minimum atomic E-state index is -0.0824. The number of nitrogens with two attached hydrogens (primary N) is 1. The molecule has 0 aromatic heterocycles. The van der Waals surface area contributed by atoms with Crippen LogP contribution in [-0.2, 0) is 9.53 Å². The van der Waals surface area contributed by atoms with Crippen molar-refractivity contribution in [2.75, 3.05) is 30.3 Å². The molecule has 0 aliphatic carbocycles. The number of ether oxygens (including phenoxy) is 1. The van der Waals surface area contributed by atoms with Crippen molar-refractivity contribution in [3.05, 3.63) is 36.4 Å². The predicted molar refractivity (Wildman–Crippen MR) is 89.9 cm³/mol. The van der Waals surface area contributed by atoms with Gasteiger partial charge in [-0.2, -0.15) is 0 Å². The molecule has 1 unspecified atom stereocenters. The van der Waals surface area contributed by atoms with Crippen LogP contribution in [-0.4, -0.2) is 25.7 Å². The number of benzene rings is 2. The van der Waals surface area contributed by atoms with E-state index in [0.29, 0.717) is 13.2 Å². The summed E-state index contributed by atoms with van der Waals surface area (Å²) in [4.78, 5) is 14.2. The molecule has 0 saturated carbocycles. The molecular formula is C18H22N2O2. The third-order valence-corrected chi connectivity index (χ3v) is 4.29. The average molecular weight is 298 g/mol. The van der Waals surface area contributed by atoms with Crippen molar-refractivity contribution in [3.63, 3.8) is 0 Å². The number of esters is 1. The van der Waals surface area contributed by atoms with Crippen LogP contribution in [0.1, 0.15) is 19.8 Å². The SMILES string of the molecule is CCOC(=O)C1CCCN(c2cc(N)c3ccccc3c2)C1. The molecule has 4 heteroatoms. The summed E-state index contributed by atoms with van der Waals surface area (Å²) in [6, 6.07) is 12.3. The number of anilines is 2. The van der Waals surface area contributed by atoms with Gasteiger partial charge in [-0.25, -0.2) is 0 Å². The maximum absolute atomic E-state index is 12.0. The molecule has 0 radical (unpaired) electrons. The monoisotopic (exact) mass is 298 g/mol. The average Bonchev–Trinajstić information content (AvgIpc) is 2.55. The van der Waals surface area contributed by atoms with E-state index < -0.39 is 0 Å². The van der Waals surface area contributed by atoms with Gasteiger partial charge in [0.2, 0.25) is 0 Å². The summed E-state index contributed by atoms with van der Waals surface area (Å²) >= 11 is 0. The Morgan fingerprint density at radius 2 is 2.18 bits per heavy atom. The Morgan fingerprint density at radius 1 is 1.36 bits per heavy atom. The van der Waals surface area contributed by atoms with Crippen LogP contribution >= 0.6 is 0 Å². The number of carbonyl (C=O) groups excluding carboxylic acids is 1. The Bertz CT molecular complexity index is 684. The quantitative estimate of drug-likeness (QED) is 0.698. The number of carbonyl (C=O) groups is 1. The third-order valence-electron chi connectivity index (χ3n) is 4.29. The Kier molecular flexibility index (Phi) is 4.18. The minimum Gasteiger partial charge on any atom is -0.466 e. The fourth-order valence-corrected chi connectivity index (χ4v) is 3.17. The van der Waals surface area contributed by atoms with Crippen molar-refractivity contribution in [2.45, 2.75) is 19.8 Å². The lowest BCUT2D eigenvalue weighted by molar-refractivity contribution is -0.148. The van der Waals surface area contributed by atoms with Gasteiger partial charge >= 0.3 is 5.97 Å². The van der Waals surface area contributed by atoms with Crippen LogP contribution in [0.2, 0.25) is 0 Å². The van der Waals surface area contributed by atoms with Gasteiger partial charge in [-0.05, 0) is 37.3 Å². The normalized spacial score (nSPS) is 18.4. The second-order valence-corrected chi connectivity index (χ2v) is 5.79. The van der Waals surface area contributed by atoms with Gasteiger partial charge in [-0.3, -0.25) is 4.79 Å². The fraction of sp³-hybridized carbons (Fsp3) is 0.389. The molecule has 1 heterocycles. The van der Waals surface area contributed by atoms with E-state index in [1.807, 2.05) is 31.2 Å². The van der Waals surface area contributed by atoms with E-state index in [9.17, 15) is 4.79 Å². The van der Waals surface area contributed by atoms with Crippen molar-refractivity contribution in [1.29, 1.82) is 0 Å². The molecule has 0 amide bonds. The summed E-state index contributed by atoms with van der Waals surface area (Å²) in [6.45, 7) is 3.95. The van der Waals surface area contributed by atoms with Gasteiger partial charge in [0.05, 0.1) is 12.5 Å². The second kappa shape index (κ2) is 6.26. The van der Waals surface area contributed by atoms with Gasteiger partial charge in [-0.1, -0.05) is 24.3 Å². The summed E-state index contributed by atoms with van der Waals surface area (Å²) in [5.41, 5.74) is 8.06. The van der Waals surface area contributed by atoms with Crippen molar-refractivity contribution in [3.8, 4) is 0 Å². The molecule has 1 fully saturated rings. The van der Waals surface area contributed by atoms with Crippen LogP contribution in [0.3, 0.4) is 0 Å². The van der Waals surface area contributed by atoms with Crippen molar-refractivity contribution >= 4 is 28.1 Å². The first-order valence-corrected chi connectivity index (χ1v) is 7.89. The lowest BCUT2D eigenvalue weighted by Gasteiger charge is -2.33. The van der Waals surface area contributed by atoms with Gasteiger partial charge in [-0.15, -0.1) is 0 Å². The molecule has 2 N–H and O–H groups in total. The van der Waals surface area contributed by atoms with E-state index in [-0.39, 0.29) is 11.9 Å². The van der Waals surface area contributed by atoms with Gasteiger partial charge in [0, 0.05) is 29.9 Å². The van der Waals surface area contributed by atoms with E-state index in [2.05, 4.69) is 17.0 Å². The molecular weight excluding hydrogens is 276 g/mol. The van der Waals surface area contributed by atoms with E-state index in [0.717, 1.165) is 41.5 Å². The first-order chi connectivity index (χ1) is 10.7. The molecule has 116 valence electrons. The highest BCUT2D eigenvalue weighted by atomic mass is 16.5. The van der Waals surface area contributed by atoms with Gasteiger partial charge in [0.1, 0.15) is 0 Å². The smallest absolute Gasteiger partial charge is 0.310 e. The van der Waals surface area contributed by atoms with E-state index in [1.165, 1.54) is 0 Å². The molecule has 4 nitrogen and oxygen atoms in total. The van der Waals surface area contributed by atoms with Crippen molar-refractivity contribution < 1.29 is 9.53 Å². The highest BCUT2D eigenvalue weighted by Crippen LogP contribution is 2.30. The topological polar surface area (TPSA) is 55.6 Å². The second-order valence-electron chi connectivity index (χ2n) is 5.79. The first kappa shape index (κ1) is 14.7. The standard InChI is InChI=1S/C18H22N2O2/c1-2-22-18(21)14-7-5-9-20(12-14)15-10-13-6-3-4-8-16(13)17(19)11-15/h3-4,6,8,10-11,14H,2,5,7,9,12,19H2,1H3. The zero-order valence-electron chi connectivity index (χ0n) is 12.9. The van der Waals surface area contributed by atoms with Crippen LogP contribution < -0.4 is 10.6 Å². The van der Waals surface area contributed by atoms with Crippen molar-refractivity contribution in [1.82, 2.24) is 0 Å². The van der Waals surface area contributed by atoms with E-state index in [1.54, 1.807) is 0 Å². The zero-order valence-corrected chi connectivity index (χ0v) is 12.9. The summed E-state index contributed by atoms with van der Waals surface area (Å²) in [7, 11) is 0. The molecule has 1 aliphatic rings. The van der Waals surface area contributed by atoms with Gasteiger partial charge in [0.25, 0.3) is 0 Å². The number of fused-ring (bicyclic) bond motifs is 1.